The number of amides is 1. The van der Waals surface area contributed by atoms with Gasteiger partial charge in [-0.15, -0.1) is 0 Å². The van der Waals surface area contributed by atoms with E-state index in [1.165, 1.54) is 4.90 Å². The third-order valence-electron chi connectivity index (χ3n) is 2.48. The molecule has 0 atom stereocenters. The maximum Gasteiger partial charge on any atom is 0.262 e. The van der Waals surface area contributed by atoms with E-state index in [0.717, 1.165) is 12.1 Å². The number of carbonyl (C=O) groups is 1. The molecule has 0 saturated carbocycles. The fraction of sp³-hybridized carbons (Fsp3) is 0.417. The van der Waals surface area contributed by atoms with Crippen molar-refractivity contribution < 1.29 is 17.6 Å². The highest BCUT2D eigenvalue weighted by atomic mass is 79.9. The van der Waals surface area contributed by atoms with Crippen molar-refractivity contribution in [2.24, 2.45) is 5.92 Å². The van der Waals surface area contributed by atoms with Gasteiger partial charge in [-0.3, -0.25) is 4.79 Å². The summed E-state index contributed by atoms with van der Waals surface area (Å²) in [6.45, 7) is 4.32. The van der Waals surface area contributed by atoms with Crippen molar-refractivity contribution in [2.45, 2.75) is 18.7 Å². The quantitative estimate of drug-likeness (QED) is 0.747. The first-order chi connectivity index (χ1) is 9.04. The number of hydrogen-bond donors (Lipinski definition) is 0. The summed E-state index contributed by atoms with van der Waals surface area (Å²) in [5.41, 5.74) is -0.0765. The lowest BCUT2D eigenvalue weighted by molar-refractivity contribution is 0.0777. The summed E-state index contributed by atoms with van der Waals surface area (Å²) in [5, 5.41) is 0. The first-order valence-electron chi connectivity index (χ1n) is 5.73. The van der Waals surface area contributed by atoms with Crippen LogP contribution in [0.15, 0.2) is 21.5 Å². The van der Waals surface area contributed by atoms with Crippen molar-refractivity contribution in [1.29, 1.82) is 0 Å². The zero-order chi connectivity index (χ0) is 15.7. The van der Waals surface area contributed by atoms with Gasteiger partial charge in [0.15, 0.2) is 0 Å². The maximum atomic E-state index is 13.5. The molecule has 1 rings (SSSR count). The van der Waals surface area contributed by atoms with Crippen LogP contribution in [-0.2, 0) is 9.05 Å². The van der Waals surface area contributed by atoms with E-state index in [4.69, 9.17) is 10.7 Å². The molecule has 8 heteroatoms. The standard InChI is InChI=1S/C12H14BrClFNO3S/c1-7(2)6-16(3)12(17)9-4-8(15)5-10(11(9)13)20(14,18)19/h4-5,7H,6H2,1-3H3. The van der Waals surface area contributed by atoms with E-state index >= 15 is 0 Å². The Balaban J connectivity index is 3.33. The Morgan fingerprint density at radius 1 is 1.45 bits per heavy atom. The van der Waals surface area contributed by atoms with Crippen LogP contribution in [0.25, 0.3) is 0 Å². The van der Waals surface area contributed by atoms with E-state index in [1.807, 2.05) is 13.8 Å². The normalized spacial score (nSPS) is 11.8. The lowest BCUT2D eigenvalue weighted by atomic mass is 10.1. The zero-order valence-corrected chi connectivity index (χ0v) is 14.3. The Bertz CT molecular complexity index is 634. The van der Waals surface area contributed by atoms with E-state index < -0.39 is 25.7 Å². The van der Waals surface area contributed by atoms with Crippen molar-refractivity contribution in [3.05, 3.63) is 28.0 Å². The second kappa shape index (κ2) is 6.41. The zero-order valence-electron chi connectivity index (χ0n) is 11.2. The van der Waals surface area contributed by atoms with Crippen molar-refractivity contribution in [3.8, 4) is 0 Å². The lowest BCUT2D eigenvalue weighted by Gasteiger charge is -2.20. The fourth-order valence-electron chi connectivity index (χ4n) is 1.73. The van der Waals surface area contributed by atoms with Crippen LogP contribution in [-0.4, -0.2) is 32.8 Å². The molecule has 0 N–H and O–H groups in total. The molecular formula is C12H14BrClFNO3S. The van der Waals surface area contributed by atoms with Gasteiger partial charge in [0.2, 0.25) is 0 Å². The maximum absolute atomic E-state index is 13.5. The molecule has 0 saturated heterocycles. The Labute approximate surface area is 130 Å². The lowest BCUT2D eigenvalue weighted by Crippen LogP contribution is -2.30. The van der Waals surface area contributed by atoms with Crippen LogP contribution in [0, 0.1) is 11.7 Å². The number of halogens is 3. The van der Waals surface area contributed by atoms with Gasteiger partial charge in [-0.2, -0.15) is 0 Å². The highest BCUT2D eigenvalue weighted by molar-refractivity contribution is 9.10. The monoisotopic (exact) mass is 385 g/mol. The van der Waals surface area contributed by atoms with Crippen molar-refractivity contribution in [1.82, 2.24) is 4.90 Å². The molecule has 0 bridgehead atoms. The van der Waals surface area contributed by atoms with E-state index in [-0.39, 0.29) is 16.0 Å². The summed E-state index contributed by atoms with van der Waals surface area (Å²) in [6.07, 6.45) is 0. The van der Waals surface area contributed by atoms with E-state index in [2.05, 4.69) is 15.9 Å². The highest BCUT2D eigenvalue weighted by Crippen LogP contribution is 2.30. The van der Waals surface area contributed by atoms with Gasteiger partial charge in [0.25, 0.3) is 15.0 Å². The molecular weight excluding hydrogens is 373 g/mol. The highest BCUT2D eigenvalue weighted by Gasteiger charge is 2.24. The van der Waals surface area contributed by atoms with E-state index in [1.54, 1.807) is 7.05 Å². The molecule has 0 aliphatic carbocycles. The first-order valence-corrected chi connectivity index (χ1v) is 8.83. The summed E-state index contributed by atoms with van der Waals surface area (Å²) in [6, 6.07) is 1.75. The van der Waals surface area contributed by atoms with Crippen LogP contribution >= 0.6 is 26.6 Å². The van der Waals surface area contributed by atoms with Crippen LogP contribution in [0.3, 0.4) is 0 Å². The Kier molecular flexibility index (Phi) is 5.57. The molecule has 112 valence electrons. The SMILES string of the molecule is CC(C)CN(C)C(=O)c1cc(F)cc(S(=O)(=O)Cl)c1Br. The van der Waals surface area contributed by atoms with Gasteiger partial charge in [0, 0.05) is 24.3 Å². The predicted octanol–water partition coefficient (Wildman–Crippen LogP) is 3.24. The average Bonchev–Trinajstić information content (AvgIpc) is 2.28. The molecule has 0 heterocycles. The van der Waals surface area contributed by atoms with Crippen molar-refractivity contribution in [3.63, 3.8) is 0 Å². The van der Waals surface area contributed by atoms with Crippen molar-refractivity contribution >= 4 is 41.6 Å². The topological polar surface area (TPSA) is 54.5 Å². The summed E-state index contributed by atoms with van der Waals surface area (Å²) in [7, 11) is 2.64. The van der Waals surface area contributed by atoms with Crippen molar-refractivity contribution in [2.75, 3.05) is 13.6 Å². The molecule has 0 aromatic heterocycles. The summed E-state index contributed by atoms with van der Waals surface area (Å²) < 4.78 is 36.2. The number of rotatable bonds is 4. The molecule has 1 aromatic carbocycles. The van der Waals surface area contributed by atoms with Gasteiger partial charge in [0.05, 0.1) is 10.0 Å². The minimum absolute atomic E-state index is 0.0329. The smallest absolute Gasteiger partial charge is 0.262 e. The van der Waals surface area contributed by atoms with E-state index in [0.29, 0.717) is 6.54 Å². The number of hydrogen-bond acceptors (Lipinski definition) is 3. The summed E-state index contributed by atoms with van der Waals surface area (Å²) >= 11 is 3.01. The first kappa shape index (κ1) is 17.4. The summed E-state index contributed by atoms with van der Waals surface area (Å²) in [4.78, 5) is 13.2. The Hall–Kier alpha value is -0.660. The molecule has 0 spiro atoms. The van der Waals surface area contributed by atoms with Crippen LogP contribution in [0.4, 0.5) is 4.39 Å². The molecule has 20 heavy (non-hydrogen) atoms. The molecule has 1 amide bonds. The molecule has 0 fully saturated rings. The van der Waals surface area contributed by atoms with Crippen LogP contribution in [0.2, 0.25) is 0 Å². The molecule has 1 aromatic rings. The fourth-order valence-corrected chi connectivity index (χ4v) is 3.99. The largest absolute Gasteiger partial charge is 0.341 e. The Morgan fingerprint density at radius 2 is 2.00 bits per heavy atom. The van der Waals surface area contributed by atoms with Crippen LogP contribution < -0.4 is 0 Å². The third kappa shape index (κ3) is 4.17. The van der Waals surface area contributed by atoms with E-state index in [9.17, 15) is 17.6 Å². The van der Waals surface area contributed by atoms with Crippen LogP contribution in [0.1, 0.15) is 24.2 Å². The number of nitrogens with zero attached hydrogens (tertiary/aromatic N) is 1. The van der Waals surface area contributed by atoms with Gasteiger partial charge in [-0.05, 0) is 34.0 Å². The van der Waals surface area contributed by atoms with Gasteiger partial charge in [0.1, 0.15) is 10.7 Å². The van der Waals surface area contributed by atoms with Gasteiger partial charge in [-0.25, -0.2) is 12.8 Å². The van der Waals surface area contributed by atoms with Gasteiger partial charge >= 0.3 is 0 Å². The Morgan fingerprint density at radius 3 is 2.45 bits per heavy atom. The molecule has 0 aliphatic heterocycles. The second-order valence-corrected chi connectivity index (χ2v) is 8.11. The third-order valence-corrected chi connectivity index (χ3v) is 4.95. The second-order valence-electron chi connectivity index (χ2n) is 4.78. The minimum Gasteiger partial charge on any atom is -0.341 e. The number of benzene rings is 1. The average molecular weight is 387 g/mol. The molecule has 0 aliphatic rings. The molecule has 0 unspecified atom stereocenters. The summed E-state index contributed by atoms with van der Waals surface area (Å²) in [5.74, 6) is -1.09. The predicted molar refractivity (Wildman–Crippen MR) is 78.9 cm³/mol. The van der Waals surface area contributed by atoms with Gasteiger partial charge in [-0.1, -0.05) is 13.8 Å². The minimum atomic E-state index is -4.15. The number of carbonyl (C=O) groups excluding carboxylic acids is 1. The van der Waals surface area contributed by atoms with Gasteiger partial charge < -0.3 is 4.90 Å². The molecule has 4 nitrogen and oxygen atoms in total. The van der Waals surface area contributed by atoms with Crippen LogP contribution in [0.5, 0.6) is 0 Å². The molecule has 0 radical (unpaired) electrons.